The molecule has 0 aliphatic carbocycles. The van der Waals surface area contributed by atoms with Gasteiger partial charge in [0.15, 0.2) is 0 Å². The van der Waals surface area contributed by atoms with Crippen molar-refractivity contribution in [3.05, 3.63) is 101 Å². The number of nitrogens with one attached hydrogen (secondary N) is 3. The van der Waals surface area contributed by atoms with Crippen LogP contribution in [0.15, 0.2) is 99.3 Å². The minimum absolute atomic E-state index is 0.0773. The second-order valence-corrected chi connectivity index (χ2v) is 8.84. The van der Waals surface area contributed by atoms with Crippen LogP contribution < -0.4 is 20.7 Å². The van der Waals surface area contributed by atoms with E-state index >= 15 is 0 Å². The van der Waals surface area contributed by atoms with Gasteiger partial charge < -0.3 is 25.1 Å². The third-order valence-electron chi connectivity index (χ3n) is 5.47. The van der Waals surface area contributed by atoms with E-state index in [1.807, 2.05) is 18.2 Å². The van der Waals surface area contributed by atoms with Crippen molar-refractivity contribution in [3.8, 4) is 11.8 Å². The summed E-state index contributed by atoms with van der Waals surface area (Å²) in [5, 5.41) is 19.5. The van der Waals surface area contributed by atoms with Gasteiger partial charge in [-0.1, -0.05) is 30.0 Å². The van der Waals surface area contributed by atoms with Gasteiger partial charge in [0.2, 0.25) is 5.91 Å². The highest BCUT2D eigenvalue weighted by atomic mass is 32.2. The van der Waals surface area contributed by atoms with Crippen LogP contribution in [0.2, 0.25) is 0 Å². The summed E-state index contributed by atoms with van der Waals surface area (Å²) in [6.07, 6.45) is 1.50. The fourth-order valence-electron chi connectivity index (χ4n) is 3.80. The second kappa shape index (κ2) is 11.3. The predicted molar refractivity (Wildman–Crippen MR) is 139 cm³/mol. The van der Waals surface area contributed by atoms with Gasteiger partial charge in [0.1, 0.15) is 11.5 Å². The molecule has 0 saturated carbocycles. The molecule has 1 aromatic heterocycles. The topological polar surface area (TPSA) is 116 Å². The smallest absolute Gasteiger partial charge is 0.254 e. The zero-order chi connectivity index (χ0) is 25.5. The van der Waals surface area contributed by atoms with E-state index in [0.29, 0.717) is 44.8 Å². The third-order valence-corrected chi connectivity index (χ3v) is 6.49. The largest absolute Gasteiger partial charge is 0.497 e. The number of dihydropyridines is 1. The van der Waals surface area contributed by atoms with Crippen LogP contribution in [0.25, 0.3) is 0 Å². The Morgan fingerprint density at radius 3 is 2.42 bits per heavy atom. The van der Waals surface area contributed by atoms with Gasteiger partial charge >= 0.3 is 0 Å². The van der Waals surface area contributed by atoms with Gasteiger partial charge in [-0.3, -0.25) is 9.59 Å². The molecule has 0 bridgehead atoms. The van der Waals surface area contributed by atoms with Gasteiger partial charge in [-0.25, -0.2) is 0 Å². The van der Waals surface area contributed by atoms with E-state index in [-0.39, 0.29) is 17.6 Å². The second-order valence-electron chi connectivity index (χ2n) is 7.85. The monoisotopic (exact) mass is 500 g/mol. The number of hydrogen-bond acceptors (Lipinski definition) is 7. The highest BCUT2D eigenvalue weighted by Crippen LogP contribution is 2.41. The number of benzene rings is 2. The minimum atomic E-state index is -0.732. The van der Waals surface area contributed by atoms with Gasteiger partial charge in [0, 0.05) is 17.1 Å². The number of para-hydroxylation sites is 1. The van der Waals surface area contributed by atoms with Gasteiger partial charge in [-0.05, 0) is 55.5 Å². The van der Waals surface area contributed by atoms with E-state index in [4.69, 9.17) is 9.15 Å². The summed E-state index contributed by atoms with van der Waals surface area (Å²) in [7, 11) is 1.57. The van der Waals surface area contributed by atoms with Crippen molar-refractivity contribution >= 4 is 35.0 Å². The molecule has 1 aliphatic heterocycles. The number of nitriles is 1. The molecular weight excluding hydrogens is 476 g/mol. The highest BCUT2D eigenvalue weighted by Gasteiger charge is 2.36. The van der Waals surface area contributed by atoms with E-state index < -0.39 is 5.92 Å². The number of ether oxygens (including phenoxy) is 1. The molecule has 8 nitrogen and oxygen atoms in total. The molecule has 2 aromatic carbocycles. The lowest BCUT2D eigenvalue weighted by atomic mass is 9.85. The van der Waals surface area contributed by atoms with Crippen LogP contribution in [0.1, 0.15) is 18.6 Å². The molecule has 2 amide bonds. The van der Waals surface area contributed by atoms with Gasteiger partial charge in [-0.15, -0.1) is 0 Å². The number of hydrogen-bond donors (Lipinski definition) is 3. The number of allylic oxidation sites excluding steroid dienone is 2. The van der Waals surface area contributed by atoms with Gasteiger partial charge in [-0.2, -0.15) is 5.26 Å². The zero-order valence-corrected chi connectivity index (χ0v) is 20.5. The van der Waals surface area contributed by atoms with E-state index in [1.54, 1.807) is 62.6 Å². The maximum Gasteiger partial charge on any atom is 0.254 e. The number of rotatable bonds is 8. The van der Waals surface area contributed by atoms with E-state index in [2.05, 4.69) is 22.0 Å². The van der Waals surface area contributed by atoms with Crippen molar-refractivity contribution in [3.63, 3.8) is 0 Å². The zero-order valence-electron chi connectivity index (χ0n) is 19.7. The summed E-state index contributed by atoms with van der Waals surface area (Å²) >= 11 is 1.20. The van der Waals surface area contributed by atoms with Gasteiger partial charge in [0.25, 0.3) is 5.91 Å². The predicted octanol–water partition coefficient (Wildman–Crippen LogP) is 4.99. The highest BCUT2D eigenvalue weighted by molar-refractivity contribution is 8.03. The van der Waals surface area contributed by atoms with Crippen LogP contribution in [-0.2, 0) is 9.59 Å². The molecule has 0 fully saturated rings. The number of furan rings is 1. The maximum atomic E-state index is 13.4. The van der Waals surface area contributed by atoms with Crippen LogP contribution in [-0.4, -0.2) is 24.7 Å². The van der Waals surface area contributed by atoms with Crippen LogP contribution in [0, 0.1) is 11.3 Å². The van der Waals surface area contributed by atoms with Gasteiger partial charge in [0.05, 0.1) is 47.3 Å². The third kappa shape index (κ3) is 5.62. The average molecular weight is 501 g/mol. The van der Waals surface area contributed by atoms with Crippen LogP contribution in [0.5, 0.6) is 5.75 Å². The molecule has 0 spiro atoms. The molecule has 2 heterocycles. The maximum absolute atomic E-state index is 13.4. The number of carbonyl (C=O) groups excluding carboxylic acids is 2. The molecule has 1 aliphatic rings. The Hall–Kier alpha value is -4.42. The molecule has 1 atom stereocenters. The Morgan fingerprint density at radius 1 is 1.06 bits per heavy atom. The first-order valence-corrected chi connectivity index (χ1v) is 12.1. The molecule has 182 valence electrons. The minimum Gasteiger partial charge on any atom is -0.497 e. The number of methoxy groups -OCH3 is 1. The quantitative estimate of drug-likeness (QED) is 0.399. The molecule has 3 aromatic rings. The number of amides is 2. The molecule has 3 N–H and O–H groups in total. The number of carbonyl (C=O) groups is 2. The number of nitrogens with zero attached hydrogens (tertiary/aromatic N) is 1. The van der Waals surface area contributed by atoms with Crippen molar-refractivity contribution in [2.45, 2.75) is 12.8 Å². The lowest BCUT2D eigenvalue weighted by Gasteiger charge is -2.28. The first-order chi connectivity index (χ1) is 17.5. The molecular formula is C27H24N4O4S. The molecule has 0 unspecified atom stereocenters. The lowest BCUT2D eigenvalue weighted by molar-refractivity contribution is -0.114. The Kier molecular flexibility index (Phi) is 7.78. The molecule has 0 radical (unpaired) electrons. The summed E-state index contributed by atoms with van der Waals surface area (Å²) in [5.41, 5.74) is 2.49. The Bertz CT molecular complexity index is 1340. The number of anilines is 2. The van der Waals surface area contributed by atoms with E-state index in [9.17, 15) is 14.9 Å². The van der Waals surface area contributed by atoms with Crippen molar-refractivity contribution in [2.75, 3.05) is 23.5 Å². The van der Waals surface area contributed by atoms with Crippen molar-refractivity contribution in [1.82, 2.24) is 5.32 Å². The summed E-state index contributed by atoms with van der Waals surface area (Å²) in [5.74, 6) is -0.108. The Balaban J connectivity index is 1.57. The summed E-state index contributed by atoms with van der Waals surface area (Å²) in [6, 6.07) is 21.8. The molecule has 36 heavy (non-hydrogen) atoms. The van der Waals surface area contributed by atoms with Crippen LogP contribution in [0.3, 0.4) is 0 Å². The molecule has 4 rings (SSSR count). The van der Waals surface area contributed by atoms with E-state index in [0.717, 1.165) is 0 Å². The van der Waals surface area contributed by atoms with Crippen LogP contribution >= 0.6 is 11.8 Å². The summed E-state index contributed by atoms with van der Waals surface area (Å²) in [4.78, 5) is 25.9. The fraction of sp³-hybridized carbons (Fsp3) is 0.148. The van der Waals surface area contributed by atoms with Crippen LogP contribution in [0.4, 0.5) is 11.4 Å². The Labute approximate surface area is 213 Å². The Morgan fingerprint density at radius 2 is 1.78 bits per heavy atom. The standard InChI is InChI=1S/C27H24N4O4S/c1-17-24(26(33)31-19-10-12-20(34-2)13-11-19)25(22-9-6-14-35-22)21(15-28)27(29-17)36-16-23(32)30-18-7-4-3-5-8-18/h3-14,25,29H,16H2,1-2H3,(H,30,32)(H,31,33)/t25-/m1/s1. The van der Waals surface area contributed by atoms with E-state index in [1.165, 1.54) is 18.0 Å². The van der Waals surface area contributed by atoms with Crippen molar-refractivity contribution in [2.24, 2.45) is 0 Å². The normalized spacial score (nSPS) is 15.1. The first kappa shape index (κ1) is 24.7. The summed E-state index contributed by atoms with van der Waals surface area (Å²) < 4.78 is 10.8. The summed E-state index contributed by atoms with van der Waals surface area (Å²) in [6.45, 7) is 1.76. The first-order valence-electron chi connectivity index (χ1n) is 11.1. The number of thioether (sulfide) groups is 1. The fourth-order valence-corrected chi connectivity index (χ4v) is 4.69. The van der Waals surface area contributed by atoms with Crippen molar-refractivity contribution in [1.29, 1.82) is 5.26 Å². The van der Waals surface area contributed by atoms with Crippen molar-refractivity contribution < 1.29 is 18.7 Å². The molecule has 9 heteroatoms. The average Bonchev–Trinajstić information content (AvgIpc) is 3.42. The molecule has 0 saturated heterocycles. The lowest BCUT2D eigenvalue weighted by Crippen LogP contribution is -2.31. The SMILES string of the molecule is COc1ccc(NC(=O)C2=C(C)NC(SCC(=O)Nc3ccccc3)=C(C#N)[C@@H]2c2ccco2)cc1.